The molecule has 3 heterocycles. The summed E-state index contributed by atoms with van der Waals surface area (Å²) in [5, 5.41) is 0. The van der Waals surface area contributed by atoms with Crippen LogP contribution in [0, 0.1) is 0 Å². The van der Waals surface area contributed by atoms with Gasteiger partial charge in [0.25, 0.3) is 5.91 Å². The lowest BCUT2D eigenvalue weighted by Gasteiger charge is -2.33. The third-order valence-corrected chi connectivity index (χ3v) is 6.44. The molecule has 194 valence electrons. The number of nitrogens with zero attached hydrogens (tertiary/aromatic N) is 3. The number of hydrogen-bond acceptors (Lipinski definition) is 7. The molecule has 0 N–H and O–H groups in total. The number of piperazine rings is 1. The molecule has 0 radical (unpaired) electrons. The molecule has 0 saturated carbocycles. The number of hydrogen-bond donors (Lipinski definition) is 0. The van der Waals surface area contributed by atoms with Gasteiger partial charge in [0.05, 0.1) is 13.2 Å². The molecule has 0 bridgehead atoms. The molecular weight excluding hydrogens is 474 g/mol. The Morgan fingerprint density at radius 3 is 2.35 bits per heavy atom. The quantitative estimate of drug-likeness (QED) is 0.455. The lowest BCUT2D eigenvalue weighted by molar-refractivity contribution is 0.0543. The molecule has 2 aromatic carbocycles. The summed E-state index contributed by atoms with van der Waals surface area (Å²) in [6.45, 7) is 6.06. The number of carbonyl (C=O) groups is 2. The lowest BCUT2D eigenvalue weighted by atomic mass is 10.1. The summed E-state index contributed by atoms with van der Waals surface area (Å²) in [4.78, 5) is 30.6. The molecule has 9 nitrogen and oxygen atoms in total. The van der Waals surface area contributed by atoms with E-state index in [1.165, 1.54) is 5.56 Å². The van der Waals surface area contributed by atoms with E-state index in [9.17, 15) is 9.59 Å². The molecule has 0 spiro atoms. The zero-order valence-electron chi connectivity index (χ0n) is 20.9. The topological polar surface area (TPSA) is 84.7 Å². The van der Waals surface area contributed by atoms with Gasteiger partial charge in [0.2, 0.25) is 6.79 Å². The third-order valence-electron chi connectivity index (χ3n) is 6.44. The Kier molecular flexibility index (Phi) is 7.60. The minimum absolute atomic E-state index is 0.167. The molecule has 0 atom stereocenters. The van der Waals surface area contributed by atoms with Gasteiger partial charge in [-0.25, -0.2) is 4.79 Å². The highest BCUT2D eigenvalue weighted by Gasteiger charge is 2.27. The number of carbonyl (C=O) groups excluding carboxylic acids is 2. The highest BCUT2D eigenvalue weighted by atomic mass is 16.7. The van der Waals surface area contributed by atoms with Crippen LogP contribution < -0.4 is 9.47 Å². The van der Waals surface area contributed by atoms with E-state index in [2.05, 4.69) is 17.0 Å². The van der Waals surface area contributed by atoms with E-state index in [0.717, 1.165) is 23.6 Å². The van der Waals surface area contributed by atoms with Crippen LogP contribution in [-0.2, 0) is 24.4 Å². The van der Waals surface area contributed by atoms with Crippen LogP contribution >= 0.6 is 0 Å². The van der Waals surface area contributed by atoms with E-state index in [4.69, 9.17) is 18.6 Å². The first kappa shape index (κ1) is 24.7. The van der Waals surface area contributed by atoms with Crippen molar-refractivity contribution in [2.75, 3.05) is 39.6 Å². The molecule has 37 heavy (non-hydrogen) atoms. The van der Waals surface area contributed by atoms with Crippen LogP contribution in [0.2, 0.25) is 0 Å². The highest BCUT2D eigenvalue weighted by molar-refractivity contribution is 5.91. The summed E-state index contributed by atoms with van der Waals surface area (Å²) in [5.41, 5.74) is 2.29. The van der Waals surface area contributed by atoms with Crippen molar-refractivity contribution in [3.05, 3.63) is 83.3 Å². The number of furan rings is 1. The van der Waals surface area contributed by atoms with Gasteiger partial charge in [0.15, 0.2) is 17.3 Å². The van der Waals surface area contributed by atoms with Gasteiger partial charge in [-0.3, -0.25) is 9.69 Å². The van der Waals surface area contributed by atoms with Crippen molar-refractivity contribution in [3.63, 3.8) is 0 Å². The predicted octanol–water partition coefficient (Wildman–Crippen LogP) is 4.13. The molecule has 2 aliphatic heterocycles. The van der Waals surface area contributed by atoms with Gasteiger partial charge in [0.1, 0.15) is 5.76 Å². The van der Waals surface area contributed by atoms with Crippen LogP contribution in [0.1, 0.15) is 34.4 Å². The van der Waals surface area contributed by atoms with Crippen molar-refractivity contribution in [2.24, 2.45) is 0 Å². The van der Waals surface area contributed by atoms with Gasteiger partial charge in [0, 0.05) is 39.3 Å². The first-order chi connectivity index (χ1) is 18.1. The fourth-order valence-corrected chi connectivity index (χ4v) is 4.57. The van der Waals surface area contributed by atoms with Crippen LogP contribution in [-0.4, -0.2) is 66.3 Å². The summed E-state index contributed by atoms with van der Waals surface area (Å²) in [6.07, 6.45) is -0.337. The maximum atomic E-state index is 13.0. The fraction of sp³-hybridized carbons (Fsp3) is 0.357. The average molecular weight is 506 g/mol. The van der Waals surface area contributed by atoms with E-state index >= 15 is 0 Å². The Morgan fingerprint density at radius 2 is 1.57 bits per heavy atom. The SMILES string of the molecule is CCOC(=O)N1CCN(C(=O)c2ccc(CN(Cc3ccccc3)Cc3ccc4c(c3)OCO4)o2)CC1. The number of rotatable bonds is 8. The highest BCUT2D eigenvalue weighted by Crippen LogP contribution is 2.33. The number of amides is 2. The zero-order chi connectivity index (χ0) is 25.6. The molecule has 1 aromatic heterocycles. The van der Waals surface area contributed by atoms with Crippen molar-refractivity contribution in [1.82, 2.24) is 14.7 Å². The number of ether oxygens (including phenoxy) is 3. The van der Waals surface area contributed by atoms with Gasteiger partial charge >= 0.3 is 6.09 Å². The largest absolute Gasteiger partial charge is 0.455 e. The number of fused-ring (bicyclic) bond motifs is 1. The van der Waals surface area contributed by atoms with Crippen LogP contribution in [0.5, 0.6) is 11.5 Å². The summed E-state index contributed by atoms with van der Waals surface area (Å²) < 4.78 is 22.1. The van der Waals surface area contributed by atoms with E-state index in [0.29, 0.717) is 57.4 Å². The third kappa shape index (κ3) is 6.06. The molecule has 9 heteroatoms. The molecule has 0 aliphatic carbocycles. The molecule has 1 fully saturated rings. The van der Waals surface area contributed by atoms with E-state index in [-0.39, 0.29) is 18.8 Å². The van der Waals surface area contributed by atoms with Crippen molar-refractivity contribution < 1.29 is 28.2 Å². The second-order valence-electron chi connectivity index (χ2n) is 9.06. The first-order valence-electron chi connectivity index (χ1n) is 12.5. The smallest absolute Gasteiger partial charge is 0.409 e. The van der Waals surface area contributed by atoms with Crippen LogP contribution in [0.25, 0.3) is 0 Å². The van der Waals surface area contributed by atoms with Crippen LogP contribution in [0.15, 0.2) is 65.1 Å². The van der Waals surface area contributed by atoms with Gasteiger partial charge in [-0.15, -0.1) is 0 Å². The van der Waals surface area contributed by atoms with Gasteiger partial charge in [-0.05, 0) is 42.3 Å². The normalized spacial score (nSPS) is 14.8. The monoisotopic (exact) mass is 505 g/mol. The molecule has 2 aliphatic rings. The maximum absolute atomic E-state index is 13.0. The molecule has 0 unspecified atom stereocenters. The summed E-state index contributed by atoms with van der Waals surface area (Å²) in [5.74, 6) is 2.37. The van der Waals surface area contributed by atoms with Gasteiger partial charge < -0.3 is 28.4 Å². The fourth-order valence-electron chi connectivity index (χ4n) is 4.57. The predicted molar refractivity (Wildman–Crippen MR) is 135 cm³/mol. The van der Waals surface area contributed by atoms with Crippen molar-refractivity contribution in [2.45, 2.75) is 26.6 Å². The second kappa shape index (κ2) is 11.4. The first-order valence-corrected chi connectivity index (χ1v) is 12.5. The molecular formula is C28H31N3O6. The average Bonchev–Trinajstić information content (AvgIpc) is 3.58. The van der Waals surface area contributed by atoms with Crippen LogP contribution in [0.4, 0.5) is 4.79 Å². The summed E-state index contributed by atoms with van der Waals surface area (Å²) in [6, 6.07) is 19.8. The van der Waals surface area contributed by atoms with Crippen molar-refractivity contribution in [1.29, 1.82) is 0 Å². The molecule has 3 aromatic rings. The Morgan fingerprint density at radius 1 is 0.838 bits per heavy atom. The second-order valence-corrected chi connectivity index (χ2v) is 9.06. The molecule has 2 amide bonds. The molecule has 5 rings (SSSR count). The zero-order valence-corrected chi connectivity index (χ0v) is 20.9. The van der Waals surface area contributed by atoms with Gasteiger partial charge in [-0.1, -0.05) is 36.4 Å². The Balaban J connectivity index is 1.24. The van der Waals surface area contributed by atoms with E-state index < -0.39 is 0 Å². The van der Waals surface area contributed by atoms with E-state index in [1.807, 2.05) is 42.5 Å². The van der Waals surface area contributed by atoms with E-state index in [1.54, 1.807) is 22.8 Å². The lowest BCUT2D eigenvalue weighted by Crippen LogP contribution is -2.50. The standard InChI is InChI=1S/C28H31N3O6/c1-2-34-28(33)31-14-12-30(13-15-31)27(32)25-11-9-23(37-25)19-29(17-21-6-4-3-5-7-21)18-22-8-10-24-26(16-22)36-20-35-24/h3-11,16H,2,12-15,17-20H2,1H3. The Hall–Kier alpha value is -3.98. The number of benzene rings is 2. The van der Waals surface area contributed by atoms with Crippen LogP contribution in [0.3, 0.4) is 0 Å². The Labute approximate surface area is 216 Å². The Bertz CT molecular complexity index is 1220. The van der Waals surface area contributed by atoms with Crippen molar-refractivity contribution >= 4 is 12.0 Å². The minimum atomic E-state index is -0.337. The maximum Gasteiger partial charge on any atom is 0.409 e. The summed E-state index contributed by atoms with van der Waals surface area (Å²) >= 11 is 0. The summed E-state index contributed by atoms with van der Waals surface area (Å²) in [7, 11) is 0. The van der Waals surface area contributed by atoms with Gasteiger partial charge in [-0.2, -0.15) is 0 Å². The minimum Gasteiger partial charge on any atom is -0.455 e. The van der Waals surface area contributed by atoms with Crippen molar-refractivity contribution in [3.8, 4) is 11.5 Å². The molecule has 1 saturated heterocycles.